The van der Waals surface area contributed by atoms with Gasteiger partial charge >= 0.3 is 6.03 Å². The number of anilines is 1. The monoisotopic (exact) mass is 314 g/mol. The van der Waals surface area contributed by atoms with Crippen molar-refractivity contribution in [2.24, 2.45) is 0 Å². The van der Waals surface area contributed by atoms with E-state index < -0.39 is 0 Å². The lowest BCUT2D eigenvalue weighted by Crippen LogP contribution is -2.36. The lowest BCUT2D eigenvalue weighted by atomic mass is 10.2. The van der Waals surface area contributed by atoms with Gasteiger partial charge in [0.05, 0.1) is 5.69 Å². The minimum Gasteiger partial charge on any atom is -0.385 e. The summed E-state index contributed by atoms with van der Waals surface area (Å²) in [6.45, 7) is 4.57. The van der Waals surface area contributed by atoms with Gasteiger partial charge in [-0.25, -0.2) is 4.79 Å². The van der Waals surface area contributed by atoms with Crippen molar-refractivity contribution in [1.82, 2.24) is 5.32 Å². The number of rotatable bonds is 5. The molecular weight excluding hydrogens is 296 g/mol. The SMILES string of the molecule is COCCC(C)NC(=O)Nc1cc(C)ccc1Br. The van der Waals surface area contributed by atoms with Crippen molar-refractivity contribution < 1.29 is 9.53 Å². The van der Waals surface area contributed by atoms with Crippen LogP contribution in [0.15, 0.2) is 22.7 Å². The first kappa shape index (κ1) is 15.0. The number of nitrogens with one attached hydrogen (secondary N) is 2. The predicted molar refractivity (Wildman–Crippen MR) is 77.0 cm³/mol. The van der Waals surface area contributed by atoms with Crippen molar-refractivity contribution in [2.75, 3.05) is 19.0 Å². The minimum atomic E-state index is -0.204. The van der Waals surface area contributed by atoms with Crippen LogP contribution in [-0.2, 0) is 4.74 Å². The summed E-state index contributed by atoms with van der Waals surface area (Å²) in [5, 5.41) is 5.68. The summed E-state index contributed by atoms with van der Waals surface area (Å²) in [6.07, 6.45) is 0.791. The van der Waals surface area contributed by atoms with E-state index >= 15 is 0 Å². The number of amides is 2. The Morgan fingerprint density at radius 2 is 2.22 bits per heavy atom. The van der Waals surface area contributed by atoms with E-state index in [-0.39, 0.29) is 12.1 Å². The Hall–Kier alpha value is -1.07. The maximum Gasteiger partial charge on any atom is 0.319 e. The first-order chi connectivity index (χ1) is 8.52. The fraction of sp³-hybridized carbons (Fsp3) is 0.462. The van der Waals surface area contributed by atoms with E-state index in [1.54, 1.807) is 7.11 Å². The standard InChI is InChI=1S/C13H19BrN2O2/c1-9-4-5-11(14)12(8-9)16-13(17)15-10(2)6-7-18-3/h4-5,8,10H,6-7H2,1-3H3,(H2,15,16,17). The molecule has 100 valence electrons. The normalized spacial score (nSPS) is 12.0. The van der Waals surface area contributed by atoms with Gasteiger partial charge in [-0.15, -0.1) is 0 Å². The molecule has 5 heteroatoms. The van der Waals surface area contributed by atoms with Crippen LogP contribution in [0.25, 0.3) is 0 Å². The van der Waals surface area contributed by atoms with Crippen molar-refractivity contribution in [3.63, 3.8) is 0 Å². The zero-order valence-corrected chi connectivity index (χ0v) is 12.5. The summed E-state index contributed by atoms with van der Waals surface area (Å²) < 4.78 is 5.84. The molecule has 0 aromatic heterocycles. The number of ether oxygens (including phenoxy) is 1. The Morgan fingerprint density at radius 1 is 1.50 bits per heavy atom. The molecule has 0 fully saturated rings. The van der Waals surface area contributed by atoms with Gasteiger partial charge in [0.1, 0.15) is 0 Å². The number of benzene rings is 1. The average molecular weight is 315 g/mol. The lowest BCUT2D eigenvalue weighted by molar-refractivity contribution is 0.185. The van der Waals surface area contributed by atoms with Gasteiger partial charge in [-0.3, -0.25) is 0 Å². The topological polar surface area (TPSA) is 50.4 Å². The molecule has 2 N–H and O–H groups in total. The minimum absolute atomic E-state index is 0.0773. The van der Waals surface area contributed by atoms with Crippen LogP contribution in [0.5, 0.6) is 0 Å². The Bertz CT molecular complexity index is 410. The van der Waals surface area contributed by atoms with Crippen LogP contribution in [0.1, 0.15) is 18.9 Å². The van der Waals surface area contributed by atoms with Crippen LogP contribution < -0.4 is 10.6 Å². The van der Waals surface area contributed by atoms with E-state index in [4.69, 9.17) is 4.74 Å². The van der Waals surface area contributed by atoms with Crippen molar-refractivity contribution in [3.05, 3.63) is 28.2 Å². The number of aryl methyl sites for hydroxylation is 1. The van der Waals surface area contributed by atoms with Crippen molar-refractivity contribution in [1.29, 1.82) is 0 Å². The van der Waals surface area contributed by atoms with Gasteiger partial charge in [-0.2, -0.15) is 0 Å². The number of hydrogen-bond acceptors (Lipinski definition) is 2. The summed E-state index contributed by atoms with van der Waals surface area (Å²) >= 11 is 3.40. The van der Waals surface area contributed by atoms with Crippen molar-refractivity contribution in [3.8, 4) is 0 Å². The molecule has 0 radical (unpaired) electrons. The summed E-state index contributed by atoms with van der Waals surface area (Å²) in [7, 11) is 1.65. The molecule has 0 saturated carbocycles. The molecule has 0 spiro atoms. The van der Waals surface area contributed by atoms with Gasteiger partial charge in [0.2, 0.25) is 0 Å². The van der Waals surface area contributed by atoms with E-state index in [1.807, 2.05) is 32.0 Å². The van der Waals surface area contributed by atoms with Crippen LogP contribution in [0.2, 0.25) is 0 Å². The van der Waals surface area contributed by atoms with Crippen LogP contribution in [0.3, 0.4) is 0 Å². The summed E-state index contributed by atoms with van der Waals surface area (Å²) in [5.41, 5.74) is 1.87. The molecule has 18 heavy (non-hydrogen) atoms. The van der Waals surface area contributed by atoms with Crippen molar-refractivity contribution in [2.45, 2.75) is 26.3 Å². The van der Waals surface area contributed by atoms with Gasteiger partial charge < -0.3 is 15.4 Å². The Kier molecular flexibility index (Phi) is 6.15. The number of carbonyl (C=O) groups is 1. The van der Waals surface area contributed by atoms with Crippen LogP contribution >= 0.6 is 15.9 Å². The third-order valence-corrected chi connectivity index (χ3v) is 3.19. The maximum atomic E-state index is 11.8. The largest absolute Gasteiger partial charge is 0.385 e. The maximum absolute atomic E-state index is 11.8. The van der Waals surface area contributed by atoms with Crippen molar-refractivity contribution >= 4 is 27.6 Å². The highest BCUT2D eigenvalue weighted by molar-refractivity contribution is 9.10. The lowest BCUT2D eigenvalue weighted by Gasteiger charge is -2.15. The van der Waals surface area contributed by atoms with E-state index in [1.165, 1.54) is 0 Å². The zero-order chi connectivity index (χ0) is 13.5. The molecule has 2 amide bonds. The Balaban J connectivity index is 2.51. The molecule has 0 aliphatic heterocycles. The third kappa shape index (κ3) is 5.06. The summed E-state index contributed by atoms with van der Waals surface area (Å²) in [4.78, 5) is 11.8. The van der Waals surface area contributed by atoms with Gasteiger partial charge in [0.25, 0.3) is 0 Å². The van der Waals surface area contributed by atoms with E-state index in [0.29, 0.717) is 6.61 Å². The molecule has 1 atom stereocenters. The Labute approximate surface area is 116 Å². The molecule has 0 aliphatic carbocycles. The number of methoxy groups -OCH3 is 1. The highest BCUT2D eigenvalue weighted by atomic mass is 79.9. The quantitative estimate of drug-likeness (QED) is 0.876. The second-order valence-electron chi connectivity index (χ2n) is 4.26. The number of hydrogen-bond donors (Lipinski definition) is 2. The number of urea groups is 1. The second kappa shape index (κ2) is 7.38. The highest BCUT2D eigenvalue weighted by Crippen LogP contribution is 2.23. The Morgan fingerprint density at radius 3 is 2.89 bits per heavy atom. The zero-order valence-electron chi connectivity index (χ0n) is 10.9. The van der Waals surface area contributed by atoms with Gasteiger partial charge in [0, 0.05) is 24.2 Å². The average Bonchev–Trinajstić information content (AvgIpc) is 2.31. The smallest absolute Gasteiger partial charge is 0.319 e. The molecule has 1 aromatic carbocycles. The first-order valence-corrected chi connectivity index (χ1v) is 6.65. The number of halogens is 1. The van der Waals surface area contributed by atoms with Gasteiger partial charge in [-0.1, -0.05) is 6.07 Å². The molecule has 0 bridgehead atoms. The number of carbonyl (C=O) groups excluding carboxylic acids is 1. The summed E-state index contributed by atoms with van der Waals surface area (Å²) in [5.74, 6) is 0. The first-order valence-electron chi connectivity index (χ1n) is 5.85. The fourth-order valence-corrected chi connectivity index (χ4v) is 1.83. The molecule has 1 unspecified atom stereocenters. The molecule has 0 aliphatic rings. The fourth-order valence-electron chi connectivity index (χ4n) is 1.48. The van der Waals surface area contributed by atoms with Crippen LogP contribution in [0.4, 0.5) is 10.5 Å². The second-order valence-corrected chi connectivity index (χ2v) is 5.12. The van der Waals surface area contributed by atoms with E-state index in [0.717, 1.165) is 22.1 Å². The third-order valence-electron chi connectivity index (χ3n) is 2.50. The summed E-state index contributed by atoms with van der Waals surface area (Å²) in [6, 6.07) is 5.69. The van der Waals surface area contributed by atoms with E-state index in [2.05, 4.69) is 26.6 Å². The molecule has 0 heterocycles. The molecule has 0 saturated heterocycles. The van der Waals surface area contributed by atoms with Gasteiger partial charge in [-0.05, 0) is 53.9 Å². The molecule has 4 nitrogen and oxygen atoms in total. The molecule has 1 aromatic rings. The molecular formula is C13H19BrN2O2. The predicted octanol–water partition coefficient (Wildman–Crippen LogP) is 3.30. The highest BCUT2D eigenvalue weighted by Gasteiger charge is 2.08. The van der Waals surface area contributed by atoms with Crippen LogP contribution in [0, 0.1) is 6.92 Å². The molecule has 1 rings (SSSR count). The van der Waals surface area contributed by atoms with Gasteiger partial charge in [0.15, 0.2) is 0 Å². The van der Waals surface area contributed by atoms with Crippen LogP contribution in [-0.4, -0.2) is 25.8 Å². The van der Waals surface area contributed by atoms with E-state index in [9.17, 15) is 4.79 Å².